The second-order valence-corrected chi connectivity index (χ2v) is 8.26. The molecule has 3 N–H and O–H groups in total. The smallest absolute Gasteiger partial charge is 0.238 e. The van der Waals surface area contributed by atoms with Crippen LogP contribution in [0, 0.1) is 0 Å². The summed E-state index contributed by atoms with van der Waals surface area (Å²) in [5, 5.41) is 7.25. The number of hydrogen-bond acceptors (Lipinski definition) is 7. The van der Waals surface area contributed by atoms with Crippen LogP contribution in [0.15, 0.2) is 53.2 Å². The van der Waals surface area contributed by atoms with Gasteiger partial charge < -0.3 is 19.5 Å². The minimum atomic E-state index is -0.354. The summed E-state index contributed by atoms with van der Waals surface area (Å²) in [5.41, 5.74) is 10.7. The van der Waals surface area contributed by atoms with E-state index in [0.717, 1.165) is 16.7 Å². The van der Waals surface area contributed by atoms with Gasteiger partial charge in [-0.2, -0.15) is 11.3 Å². The largest absolute Gasteiger partial charge is 0.493 e. The molecule has 0 spiro atoms. The first kappa shape index (κ1) is 22.1. The molecule has 0 radical (unpaired) electrons. The molecule has 32 heavy (non-hydrogen) atoms. The first-order chi connectivity index (χ1) is 15.6. The number of amides is 1. The van der Waals surface area contributed by atoms with Gasteiger partial charge in [0.05, 0.1) is 21.3 Å². The van der Waals surface area contributed by atoms with Crippen LogP contribution in [0.2, 0.25) is 0 Å². The lowest BCUT2D eigenvalue weighted by atomic mass is 10.00. The number of hydrogen-bond donors (Lipinski definition) is 3. The highest BCUT2D eigenvalue weighted by Crippen LogP contribution is 2.40. The van der Waals surface area contributed by atoms with Crippen LogP contribution in [0.25, 0.3) is 11.1 Å². The number of benzene rings is 2. The Morgan fingerprint density at radius 2 is 1.81 bits per heavy atom. The zero-order valence-electron chi connectivity index (χ0n) is 18.3. The van der Waals surface area contributed by atoms with Gasteiger partial charge in [0.2, 0.25) is 11.7 Å². The fourth-order valence-electron chi connectivity index (χ4n) is 3.93. The van der Waals surface area contributed by atoms with E-state index in [0.29, 0.717) is 30.2 Å². The van der Waals surface area contributed by atoms with Crippen LogP contribution in [-0.2, 0) is 11.3 Å². The third-order valence-corrected chi connectivity index (χ3v) is 6.29. The monoisotopic (exact) mass is 453 g/mol. The molecule has 2 atom stereocenters. The molecular formula is C24H27N3O4S. The molecule has 2 heterocycles. The van der Waals surface area contributed by atoms with Crippen LogP contribution < -0.4 is 30.4 Å². The number of methoxy groups -OCH3 is 3. The van der Waals surface area contributed by atoms with Gasteiger partial charge in [-0.05, 0) is 57.6 Å². The number of thiophene rings is 1. The second kappa shape index (κ2) is 10.0. The molecule has 0 saturated carbocycles. The Kier molecular flexibility index (Phi) is 6.94. The zero-order chi connectivity index (χ0) is 22.5. The maximum absolute atomic E-state index is 12.9. The lowest BCUT2D eigenvalue weighted by Gasteiger charge is -2.17. The molecule has 0 bridgehead atoms. The SMILES string of the molecule is COc1cc(C2CC(C(=O)NCc3ccccc3-c3ccsc3)NN2)cc(OC)c1OC. The van der Waals surface area contributed by atoms with E-state index in [1.807, 2.05) is 30.3 Å². The maximum Gasteiger partial charge on any atom is 0.238 e. The van der Waals surface area contributed by atoms with E-state index in [1.54, 1.807) is 32.7 Å². The number of nitrogens with one attached hydrogen (secondary N) is 3. The molecule has 1 amide bonds. The standard InChI is InChI=1S/C24H27N3O4S/c1-29-21-10-17(11-22(30-2)23(21)31-3)19-12-20(27-26-19)24(28)25-13-15-6-4-5-7-18(15)16-8-9-32-14-16/h4-11,14,19-20,26-27H,12-13H2,1-3H3,(H,25,28). The summed E-state index contributed by atoms with van der Waals surface area (Å²) in [6, 6.07) is 13.6. The van der Waals surface area contributed by atoms with E-state index in [4.69, 9.17) is 14.2 Å². The molecule has 4 rings (SSSR count). The topological polar surface area (TPSA) is 80.9 Å². The van der Waals surface area contributed by atoms with Gasteiger partial charge >= 0.3 is 0 Å². The Bertz CT molecular complexity index is 1050. The predicted octanol–water partition coefficient (Wildman–Crippen LogP) is 3.66. The summed E-state index contributed by atoms with van der Waals surface area (Å²) in [4.78, 5) is 12.9. The van der Waals surface area contributed by atoms with E-state index in [1.165, 1.54) is 5.56 Å². The lowest BCUT2D eigenvalue weighted by Crippen LogP contribution is -2.42. The average molecular weight is 454 g/mol. The molecule has 1 saturated heterocycles. The van der Waals surface area contributed by atoms with Crippen LogP contribution in [-0.4, -0.2) is 33.3 Å². The normalized spacial score (nSPS) is 17.7. The lowest BCUT2D eigenvalue weighted by molar-refractivity contribution is -0.123. The summed E-state index contributed by atoms with van der Waals surface area (Å²) < 4.78 is 16.3. The van der Waals surface area contributed by atoms with Crippen LogP contribution in [0.3, 0.4) is 0 Å². The molecular weight excluding hydrogens is 426 g/mol. The van der Waals surface area contributed by atoms with Crippen molar-refractivity contribution in [1.29, 1.82) is 0 Å². The van der Waals surface area contributed by atoms with Crippen molar-refractivity contribution in [3.8, 4) is 28.4 Å². The molecule has 168 valence electrons. The highest BCUT2D eigenvalue weighted by atomic mass is 32.1. The zero-order valence-corrected chi connectivity index (χ0v) is 19.1. The molecule has 1 aromatic heterocycles. The minimum absolute atomic E-state index is 0.0486. The Morgan fingerprint density at radius 3 is 2.47 bits per heavy atom. The van der Waals surface area contributed by atoms with E-state index in [2.05, 4.69) is 39.1 Å². The van der Waals surface area contributed by atoms with Crippen molar-refractivity contribution in [2.24, 2.45) is 0 Å². The molecule has 1 aliphatic rings. The van der Waals surface area contributed by atoms with E-state index < -0.39 is 0 Å². The third-order valence-electron chi connectivity index (χ3n) is 5.61. The van der Waals surface area contributed by atoms with Crippen molar-refractivity contribution >= 4 is 17.2 Å². The predicted molar refractivity (Wildman–Crippen MR) is 125 cm³/mol. The molecule has 2 aromatic carbocycles. The van der Waals surface area contributed by atoms with Gasteiger partial charge in [0.25, 0.3) is 0 Å². The van der Waals surface area contributed by atoms with Crippen LogP contribution in [0.5, 0.6) is 17.2 Å². The highest BCUT2D eigenvalue weighted by Gasteiger charge is 2.31. The second-order valence-electron chi connectivity index (χ2n) is 7.48. The number of carbonyl (C=O) groups excluding carboxylic acids is 1. The fourth-order valence-corrected chi connectivity index (χ4v) is 4.58. The van der Waals surface area contributed by atoms with Crippen LogP contribution in [0.4, 0.5) is 0 Å². The van der Waals surface area contributed by atoms with Crippen molar-refractivity contribution in [2.45, 2.75) is 25.0 Å². The molecule has 8 heteroatoms. The summed E-state index contributed by atoms with van der Waals surface area (Å²) in [7, 11) is 4.75. The third kappa shape index (κ3) is 4.57. The Labute approximate surface area is 191 Å². The van der Waals surface area contributed by atoms with Crippen molar-refractivity contribution in [2.75, 3.05) is 21.3 Å². The first-order valence-corrected chi connectivity index (χ1v) is 11.3. The van der Waals surface area contributed by atoms with Crippen molar-refractivity contribution in [3.63, 3.8) is 0 Å². The maximum atomic E-state index is 12.9. The molecule has 7 nitrogen and oxygen atoms in total. The Balaban J connectivity index is 1.42. The van der Waals surface area contributed by atoms with Gasteiger partial charge in [-0.1, -0.05) is 24.3 Å². The quantitative estimate of drug-likeness (QED) is 0.483. The van der Waals surface area contributed by atoms with Crippen LogP contribution >= 0.6 is 11.3 Å². The molecule has 2 unspecified atom stereocenters. The summed E-state index contributed by atoms with van der Waals surface area (Å²) in [6.45, 7) is 0.470. The van der Waals surface area contributed by atoms with Crippen molar-refractivity contribution in [3.05, 3.63) is 64.4 Å². The molecule has 1 aliphatic heterocycles. The number of rotatable bonds is 8. The summed E-state index contributed by atoms with van der Waals surface area (Å²) >= 11 is 1.66. The van der Waals surface area contributed by atoms with Crippen molar-refractivity contribution < 1.29 is 19.0 Å². The Hall–Kier alpha value is -3.07. The molecule has 1 fully saturated rings. The van der Waals surface area contributed by atoms with Crippen molar-refractivity contribution in [1.82, 2.24) is 16.2 Å². The minimum Gasteiger partial charge on any atom is -0.493 e. The van der Waals surface area contributed by atoms with E-state index >= 15 is 0 Å². The fraction of sp³-hybridized carbons (Fsp3) is 0.292. The van der Waals surface area contributed by atoms with E-state index in [9.17, 15) is 4.79 Å². The molecule has 0 aliphatic carbocycles. The summed E-state index contributed by atoms with van der Waals surface area (Å²) in [5.74, 6) is 1.67. The number of hydrazine groups is 1. The number of ether oxygens (including phenoxy) is 3. The van der Waals surface area contributed by atoms with Crippen LogP contribution in [0.1, 0.15) is 23.6 Å². The highest BCUT2D eigenvalue weighted by molar-refractivity contribution is 7.08. The van der Waals surface area contributed by atoms with Gasteiger partial charge in [0.15, 0.2) is 11.5 Å². The summed E-state index contributed by atoms with van der Waals surface area (Å²) in [6.07, 6.45) is 0.594. The van der Waals surface area contributed by atoms with Gasteiger partial charge in [-0.3, -0.25) is 4.79 Å². The van der Waals surface area contributed by atoms with Gasteiger partial charge in [-0.25, -0.2) is 10.9 Å². The van der Waals surface area contributed by atoms with Gasteiger partial charge in [0, 0.05) is 12.6 Å². The van der Waals surface area contributed by atoms with E-state index in [-0.39, 0.29) is 18.0 Å². The first-order valence-electron chi connectivity index (χ1n) is 10.3. The average Bonchev–Trinajstić information content (AvgIpc) is 3.54. The molecule has 3 aromatic rings. The van der Waals surface area contributed by atoms with Gasteiger partial charge in [-0.15, -0.1) is 0 Å². The number of carbonyl (C=O) groups is 1. The Morgan fingerprint density at radius 1 is 1.06 bits per heavy atom. The van der Waals surface area contributed by atoms with Gasteiger partial charge in [0.1, 0.15) is 6.04 Å².